The van der Waals surface area contributed by atoms with Crippen LogP contribution in [0.2, 0.25) is 0 Å². The van der Waals surface area contributed by atoms with Gasteiger partial charge in [0.05, 0.1) is 0 Å². The van der Waals surface area contributed by atoms with Crippen LogP contribution in [0.15, 0.2) is 188 Å². The Kier molecular flexibility index (Phi) is 9.12. The van der Waals surface area contributed by atoms with Gasteiger partial charge in [-0.25, -0.2) is 0 Å². The largest absolute Gasteiger partial charge is 0.310 e. The predicted octanol–water partition coefficient (Wildman–Crippen LogP) is 15.2. The molecule has 9 rings (SSSR count). The molecule has 0 fully saturated rings. The normalized spacial score (nSPS) is 11.7. The van der Waals surface area contributed by atoms with Crippen LogP contribution in [0, 0.1) is 13.8 Å². The fourth-order valence-corrected chi connectivity index (χ4v) is 7.86. The van der Waals surface area contributed by atoms with Crippen LogP contribution in [-0.2, 0) is 0 Å². The van der Waals surface area contributed by atoms with Crippen LogP contribution in [0.5, 0.6) is 0 Å². The molecule has 0 saturated heterocycles. The Labute approximate surface area is 323 Å². The third kappa shape index (κ3) is 6.85. The van der Waals surface area contributed by atoms with Crippen molar-refractivity contribution in [1.82, 2.24) is 0 Å². The minimum Gasteiger partial charge on any atom is -0.310 e. The fourth-order valence-electron chi connectivity index (χ4n) is 7.86. The van der Waals surface area contributed by atoms with Gasteiger partial charge in [-0.3, -0.25) is 0 Å². The van der Waals surface area contributed by atoms with Crippen molar-refractivity contribution in [3.8, 4) is 11.1 Å². The Bertz CT molecular complexity index is 2840. The Morgan fingerprint density at radius 1 is 0.291 bits per heavy atom. The minimum absolute atomic E-state index is 1.11. The summed E-state index contributed by atoms with van der Waals surface area (Å²) in [6.45, 7) is 4.42. The van der Waals surface area contributed by atoms with Crippen molar-refractivity contribution in [2.45, 2.75) is 13.8 Å². The van der Waals surface area contributed by atoms with Gasteiger partial charge in [0.1, 0.15) is 0 Å². The van der Waals surface area contributed by atoms with E-state index in [2.05, 4.69) is 231 Å². The number of benzene rings is 9. The summed E-state index contributed by atoms with van der Waals surface area (Å²) in [5, 5.41) is 7.54. The van der Waals surface area contributed by atoms with E-state index in [-0.39, 0.29) is 0 Å². The van der Waals surface area contributed by atoms with E-state index in [1.807, 2.05) is 0 Å². The van der Waals surface area contributed by atoms with E-state index < -0.39 is 0 Å². The Morgan fingerprint density at radius 2 is 0.727 bits per heavy atom. The highest BCUT2D eigenvalue weighted by Gasteiger charge is 2.17. The van der Waals surface area contributed by atoms with E-state index in [1.165, 1.54) is 71.3 Å². The lowest BCUT2D eigenvalue weighted by atomic mass is 9.92. The van der Waals surface area contributed by atoms with Crippen LogP contribution in [0.25, 0.3) is 67.7 Å². The Balaban J connectivity index is 1.17. The molecule has 0 atom stereocenters. The number of aryl methyl sites for hydroxylation is 2. The average molecular weight is 704 g/mol. The van der Waals surface area contributed by atoms with E-state index in [4.69, 9.17) is 0 Å². The molecule has 0 spiro atoms. The third-order valence-electron chi connectivity index (χ3n) is 10.7. The first-order chi connectivity index (χ1) is 27.1. The standard InChI is InChI=1S/C54H41N/c1-38-13-9-10-18-47(38)48-33-30-45(35-39(48)2)55(44-28-25-42(26-29-44)22-21-40-14-5-3-6-15-40)46-31-34-52-51-32-27-43(24-23-41-16-7-4-8-17-41)36-53(51)49-19-11-12-20-50(49)54(52)37-46/h3-37H,1-2H3/b22-21+,24-23+. The maximum atomic E-state index is 2.40. The zero-order valence-electron chi connectivity index (χ0n) is 31.2. The van der Waals surface area contributed by atoms with Crippen molar-refractivity contribution in [2.24, 2.45) is 0 Å². The number of anilines is 3. The second-order valence-electron chi connectivity index (χ2n) is 14.3. The van der Waals surface area contributed by atoms with E-state index in [0.717, 1.165) is 22.6 Å². The summed E-state index contributed by atoms with van der Waals surface area (Å²) in [6.07, 6.45) is 8.75. The van der Waals surface area contributed by atoms with Gasteiger partial charge in [0.15, 0.2) is 0 Å². The third-order valence-corrected chi connectivity index (χ3v) is 10.7. The van der Waals surface area contributed by atoms with Crippen molar-refractivity contribution in [3.05, 3.63) is 221 Å². The maximum Gasteiger partial charge on any atom is 0.0468 e. The molecule has 0 radical (unpaired) electrons. The summed E-state index contributed by atoms with van der Waals surface area (Å²) in [5.74, 6) is 0. The second kappa shape index (κ2) is 14.8. The highest BCUT2D eigenvalue weighted by atomic mass is 15.1. The first-order valence-electron chi connectivity index (χ1n) is 19.0. The topological polar surface area (TPSA) is 3.24 Å². The molecule has 0 heterocycles. The lowest BCUT2D eigenvalue weighted by molar-refractivity contribution is 1.27. The molecule has 9 aromatic carbocycles. The van der Waals surface area contributed by atoms with Gasteiger partial charge in [0, 0.05) is 17.1 Å². The van der Waals surface area contributed by atoms with Crippen LogP contribution in [0.1, 0.15) is 33.4 Å². The molecule has 0 aliphatic heterocycles. The highest BCUT2D eigenvalue weighted by Crippen LogP contribution is 2.42. The second-order valence-corrected chi connectivity index (χ2v) is 14.3. The molecule has 0 unspecified atom stereocenters. The smallest absolute Gasteiger partial charge is 0.0468 e. The molecule has 0 aliphatic rings. The lowest BCUT2D eigenvalue weighted by Crippen LogP contribution is -2.10. The molecule has 9 aromatic rings. The molecule has 0 bridgehead atoms. The van der Waals surface area contributed by atoms with E-state index in [0.29, 0.717) is 0 Å². The van der Waals surface area contributed by atoms with Crippen LogP contribution in [0.3, 0.4) is 0 Å². The predicted molar refractivity (Wildman–Crippen MR) is 239 cm³/mol. The van der Waals surface area contributed by atoms with Gasteiger partial charge in [0.25, 0.3) is 0 Å². The summed E-state index contributed by atoms with van der Waals surface area (Å²) in [4.78, 5) is 2.40. The first kappa shape index (κ1) is 33.8. The quantitative estimate of drug-likeness (QED) is 0.112. The van der Waals surface area contributed by atoms with Crippen molar-refractivity contribution < 1.29 is 0 Å². The van der Waals surface area contributed by atoms with Crippen LogP contribution in [-0.4, -0.2) is 0 Å². The Hall–Kier alpha value is -6.96. The molecular weight excluding hydrogens is 663 g/mol. The number of nitrogens with zero attached hydrogens (tertiary/aromatic N) is 1. The zero-order chi connectivity index (χ0) is 37.1. The molecule has 1 nitrogen and oxygen atoms in total. The van der Waals surface area contributed by atoms with Crippen LogP contribution >= 0.6 is 0 Å². The molecule has 1 heteroatoms. The van der Waals surface area contributed by atoms with Gasteiger partial charge in [-0.1, -0.05) is 170 Å². The molecule has 55 heavy (non-hydrogen) atoms. The van der Waals surface area contributed by atoms with Crippen molar-refractivity contribution in [1.29, 1.82) is 0 Å². The molecule has 0 saturated carbocycles. The van der Waals surface area contributed by atoms with Gasteiger partial charge in [-0.2, -0.15) is 0 Å². The number of fused-ring (bicyclic) bond motifs is 6. The molecular formula is C54H41N. The van der Waals surface area contributed by atoms with Gasteiger partial charge in [-0.05, 0) is 133 Å². The van der Waals surface area contributed by atoms with Crippen LogP contribution in [0.4, 0.5) is 17.1 Å². The fraction of sp³-hybridized carbons (Fsp3) is 0.0370. The number of hydrogen-bond acceptors (Lipinski definition) is 1. The molecule has 0 amide bonds. The van der Waals surface area contributed by atoms with E-state index in [9.17, 15) is 0 Å². The summed E-state index contributed by atoms with van der Waals surface area (Å²) in [5.41, 5.74) is 13.1. The summed E-state index contributed by atoms with van der Waals surface area (Å²) in [7, 11) is 0. The first-order valence-corrected chi connectivity index (χ1v) is 19.0. The van der Waals surface area contributed by atoms with Crippen molar-refractivity contribution in [2.75, 3.05) is 4.90 Å². The minimum atomic E-state index is 1.11. The van der Waals surface area contributed by atoms with Crippen molar-refractivity contribution in [3.63, 3.8) is 0 Å². The summed E-state index contributed by atoms with van der Waals surface area (Å²) in [6, 6.07) is 68.1. The van der Waals surface area contributed by atoms with Gasteiger partial charge in [-0.15, -0.1) is 0 Å². The molecule has 262 valence electrons. The number of hydrogen-bond donors (Lipinski definition) is 0. The summed E-state index contributed by atoms with van der Waals surface area (Å²) >= 11 is 0. The molecule has 0 aromatic heterocycles. The Morgan fingerprint density at radius 3 is 1.36 bits per heavy atom. The molecule has 0 N–H and O–H groups in total. The monoisotopic (exact) mass is 703 g/mol. The maximum absolute atomic E-state index is 2.40. The van der Waals surface area contributed by atoms with Gasteiger partial charge in [0.2, 0.25) is 0 Å². The zero-order valence-corrected chi connectivity index (χ0v) is 31.2. The van der Waals surface area contributed by atoms with E-state index in [1.54, 1.807) is 0 Å². The lowest BCUT2D eigenvalue weighted by Gasteiger charge is -2.27. The van der Waals surface area contributed by atoms with Crippen molar-refractivity contribution >= 4 is 73.7 Å². The van der Waals surface area contributed by atoms with Crippen LogP contribution < -0.4 is 4.90 Å². The SMILES string of the molecule is Cc1ccccc1-c1ccc(N(c2ccc(/C=C/c3ccccc3)cc2)c2ccc3c4ccc(/C=C/c5ccccc5)cc4c4ccccc4c3c2)cc1C. The molecule has 0 aliphatic carbocycles. The highest BCUT2D eigenvalue weighted by molar-refractivity contribution is 6.26. The van der Waals surface area contributed by atoms with Gasteiger partial charge >= 0.3 is 0 Å². The average Bonchev–Trinajstić information content (AvgIpc) is 3.24. The number of rotatable bonds is 8. The van der Waals surface area contributed by atoms with Gasteiger partial charge < -0.3 is 4.90 Å². The summed E-state index contributed by atoms with van der Waals surface area (Å²) < 4.78 is 0. The van der Waals surface area contributed by atoms with E-state index >= 15 is 0 Å².